The largest absolute Gasteiger partial charge is 0.444 e. The fraction of sp³-hybridized carbons (Fsp3) is 0.364. The molecule has 0 fully saturated rings. The number of benzene rings is 1. The number of nitrogens with one attached hydrogen (secondary N) is 1. The maximum atomic E-state index is 13.4. The number of azide groups is 1. The topological polar surface area (TPSA) is 87.1 Å². The Balaban J connectivity index is 2.78. The number of carbonyl (C=O) groups is 1. The fourth-order valence-corrected chi connectivity index (χ4v) is 1.14. The standard InChI is InChI=1S/C11H13FN4O2/c1-11(2,3)18-10(17)14-7-4-5-9(15-16-13)8(12)6-7/h4-6H,1-3H3,(H,14,17). The summed E-state index contributed by atoms with van der Waals surface area (Å²) < 4.78 is 18.4. The number of hydrogen-bond donors (Lipinski definition) is 1. The number of rotatable bonds is 2. The van der Waals surface area contributed by atoms with Crippen molar-refractivity contribution in [1.29, 1.82) is 0 Å². The van der Waals surface area contributed by atoms with Gasteiger partial charge >= 0.3 is 6.09 Å². The van der Waals surface area contributed by atoms with Crippen LogP contribution in [0.15, 0.2) is 23.3 Å². The monoisotopic (exact) mass is 252 g/mol. The number of nitrogens with zero attached hydrogens (tertiary/aromatic N) is 3. The molecule has 0 spiro atoms. The molecule has 1 aromatic rings. The van der Waals surface area contributed by atoms with Gasteiger partial charge in [-0.05, 0) is 44.5 Å². The summed E-state index contributed by atoms with van der Waals surface area (Å²) in [4.78, 5) is 13.9. The fourth-order valence-electron chi connectivity index (χ4n) is 1.14. The van der Waals surface area contributed by atoms with Gasteiger partial charge in [0.15, 0.2) is 0 Å². The third-order valence-electron chi connectivity index (χ3n) is 1.75. The lowest BCUT2D eigenvalue weighted by molar-refractivity contribution is 0.0636. The Morgan fingerprint density at radius 2 is 2.17 bits per heavy atom. The van der Waals surface area contributed by atoms with Gasteiger partial charge in [0.25, 0.3) is 0 Å². The predicted molar refractivity (Wildman–Crippen MR) is 65.1 cm³/mol. The van der Waals surface area contributed by atoms with Crippen LogP contribution in [0.1, 0.15) is 20.8 Å². The van der Waals surface area contributed by atoms with Crippen LogP contribution in [-0.4, -0.2) is 11.7 Å². The van der Waals surface area contributed by atoms with Crippen molar-refractivity contribution < 1.29 is 13.9 Å². The molecule has 0 bridgehead atoms. The zero-order valence-corrected chi connectivity index (χ0v) is 10.3. The highest BCUT2D eigenvalue weighted by molar-refractivity contribution is 5.85. The summed E-state index contributed by atoms with van der Waals surface area (Å²) >= 11 is 0. The lowest BCUT2D eigenvalue weighted by Gasteiger charge is -2.19. The van der Waals surface area contributed by atoms with Gasteiger partial charge in [-0.3, -0.25) is 5.32 Å². The van der Waals surface area contributed by atoms with E-state index in [1.807, 2.05) is 0 Å². The molecule has 96 valence electrons. The minimum absolute atomic E-state index is 0.132. The van der Waals surface area contributed by atoms with Crippen LogP contribution in [0.5, 0.6) is 0 Å². The molecule has 0 aliphatic carbocycles. The highest BCUT2D eigenvalue weighted by Crippen LogP contribution is 2.22. The first-order valence-corrected chi connectivity index (χ1v) is 5.16. The lowest BCUT2D eigenvalue weighted by Crippen LogP contribution is -2.27. The van der Waals surface area contributed by atoms with Crippen LogP contribution in [0.2, 0.25) is 0 Å². The van der Waals surface area contributed by atoms with Crippen molar-refractivity contribution in [3.63, 3.8) is 0 Å². The van der Waals surface area contributed by atoms with Crippen molar-refractivity contribution in [3.8, 4) is 0 Å². The molecular formula is C11H13FN4O2. The van der Waals surface area contributed by atoms with E-state index in [0.717, 1.165) is 6.07 Å². The van der Waals surface area contributed by atoms with Crippen molar-refractivity contribution >= 4 is 17.5 Å². The predicted octanol–water partition coefficient (Wildman–Crippen LogP) is 4.11. The van der Waals surface area contributed by atoms with Crippen molar-refractivity contribution in [2.45, 2.75) is 26.4 Å². The van der Waals surface area contributed by atoms with Gasteiger partial charge in [0, 0.05) is 10.6 Å². The number of ether oxygens (including phenoxy) is 1. The molecule has 7 heteroatoms. The zero-order valence-electron chi connectivity index (χ0n) is 10.3. The molecule has 0 saturated carbocycles. The average Bonchev–Trinajstić information content (AvgIpc) is 2.19. The van der Waals surface area contributed by atoms with E-state index in [1.165, 1.54) is 12.1 Å². The van der Waals surface area contributed by atoms with Crippen LogP contribution in [0, 0.1) is 5.82 Å². The molecule has 1 N–H and O–H groups in total. The van der Waals surface area contributed by atoms with Gasteiger partial charge in [0.05, 0.1) is 5.69 Å². The molecule has 1 amide bonds. The Hall–Kier alpha value is -2.27. The first kappa shape index (κ1) is 13.8. The number of halogens is 1. The summed E-state index contributed by atoms with van der Waals surface area (Å²) in [6.45, 7) is 5.16. The summed E-state index contributed by atoms with van der Waals surface area (Å²) in [6.07, 6.45) is -0.682. The van der Waals surface area contributed by atoms with E-state index >= 15 is 0 Å². The maximum Gasteiger partial charge on any atom is 0.412 e. The normalized spacial score (nSPS) is 10.4. The zero-order chi connectivity index (χ0) is 13.8. The van der Waals surface area contributed by atoms with Gasteiger partial charge in [0.1, 0.15) is 11.4 Å². The smallest absolute Gasteiger partial charge is 0.412 e. The second kappa shape index (κ2) is 5.37. The van der Waals surface area contributed by atoms with Crippen molar-refractivity contribution in [3.05, 3.63) is 34.5 Å². The van der Waals surface area contributed by atoms with E-state index in [4.69, 9.17) is 10.3 Å². The molecule has 6 nitrogen and oxygen atoms in total. The van der Waals surface area contributed by atoms with Gasteiger partial charge in [-0.15, -0.1) is 0 Å². The SMILES string of the molecule is CC(C)(C)OC(=O)Nc1ccc(N=[N+]=[N-])c(F)c1. The van der Waals surface area contributed by atoms with Crippen LogP contribution < -0.4 is 5.32 Å². The first-order valence-electron chi connectivity index (χ1n) is 5.16. The Morgan fingerprint density at radius 3 is 2.67 bits per heavy atom. The summed E-state index contributed by atoms with van der Waals surface area (Å²) in [5.41, 5.74) is 7.65. The van der Waals surface area contributed by atoms with E-state index < -0.39 is 17.5 Å². The summed E-state index contributed by atoms with van der Waals surface area (Å²) in [5.74, 6) is -0.721. The van der Waals surface area contributed by atoms with Gasteiger partial charge in [-0.1, -0.05) is 5.11 Å². The van der Waals surface area contributed by atoms with E-state index in [9.17, 15) is 9.18 Å². The molecule has 18 heavy (non-hydrogen) atoms. The quantitative estimate of drug-likeness (QED) is 0.487. The molecule has 0 aromatic heterocycles. The van der Waals surface area contributed by atoms with Crippen LogP contribution in [0.25, 0.3) is 10.4 Å². The van der Waals surface area contributed by atoms with E-state index in [-0.39, 0.29) is 11.4 Å². The van der Waals surface area contributed by atoms with Crippen molar-refractivity contribution in [2.75, 3.05) is 5.32 Å². The molecule has 0 saturated heterocycles. The average molecular weight is 252 g/mol. The molecule has 0 aliphatic heterocycles. The number of anilines is 1. The Labute approximate surface area is 103 Å². The van der Waals surface area contributed by atoms with Gasteiger partial charge in [-0.2, -0.15) is 0 Å². The molecule has 0 atom stereocenters. The molecular weight excluding hydrogens is 239 g/mol. The molecule has 0 radical (unpaired) electrons. The second-order valence-electron chi connectivity index (χ2n) is 4.48. The van der Waals surface area contributed by atoms with Crippen LogP contribution in [0.4, 0.5) is 20.6 Å². The summed E-state index contributed by atoms with van der Waals surface area (Å²) in [6, 6.07) is 3.73. The first-order chi connectivity index (χ1) is 8.31. The maximum absolute atomic E-state index is 13.4. The van der Waals surface area contributed by atoms with E-state index in [2.05, 4.69) is 15.3 Å². The van der Waals surface area contributed by atoms with Gasteiger partial charge in [0.2, 0.25) is 0 Å². The Kier molecular flexibility index (Phi) is 4.12. The number of amides is 1. The third kappa shape index (κ3) is 4.31. The molecule has 0 unspecified atom stereocenters. The van der Waals surface area contributed by atoms with Crippen LogP contribution in [0.3, 0.4) is 0 Å². The molecule has 0 aliphatic rings. The minimum atomic E-state index is -0.721. The summed E-state index contributed by atoms with van der Waals surface area (Å²) in [7, 11) is 0. The molecule has 0 heterocycles. The Morgan fingerprint density at radius 1 is 1.50 bits per heavy atom. The van der Waals surface area contributed by atoms with Crippen molar-refractivity contribution in [1.82, 2.24) is 0 Å². The number of carbonyl (C=O) groups excluding carboxylic acids is 1. The van der Waals surface area contributed by atoms with Crippen molar-refractivity contribution in [2.24, 2.45) is 5.11 Å². The van der Waals surface area contributed by atoms with Gasteiger partial charge < -0.3 is 4.74 Å². The molecule has 1 aromatic carbocycles. The van der Waals surface area contributed by atoms with E-state index in [0.29, 0.717) is 0 Å². The van der Waals surface area contributed by atoms with Gasteiger partial charge in [-0.25, -0.2) is 9.18 Å². The Bertz CT molecular complexity index is 504. The second-order valence-corrected chi connectivity index (χ2v) is 4.48. The summed E-state index contributed by atoms with van der Waals surface area (Å²) in [5, 5.41) is 5.52. The third-order valence-corrected chi connectivity index (χ3v) is 1.75. The number of hydrogen-bond acceptors (Lipinski definition) is 3. The van der Waals surface area contributed by atoms with E-state index in [1.54, 1.807) is 20.8 Å². The highest BCUT2D eigenvalue weighted by Gasteiger charge is 2.16. The minimum Gasteiger partial charge on any atom is -0.444 e. The van der Waals surface area contributed by atoms with Crippen LogP contribution >= 0.6 is 0 Å². The lowest BCUT2D eigenvalue weighted by atomic mass is 10.2. The van der Waals surface area contributed by atoms with Crippen LogP contribution in [-0.2, 0) is 4.74 Å². The highest BCUT2D eigenvalue weighted by atomic mass is 19.1. The molecule has 1 rings (SSSR count).